The molecule has 0 aliphatic rings. The van der Waals surface area contributed by atoms with Gasteiger partial charge in [-0.15, -0.1) is 0 Å². The van der Waals surface area contributed by atoms with E-state index in [0.29, 0.717) is 13.0 Å². The van der Waals surface area contributed by atoms with Crippen LogP contribution in [-0.4, -0.2) is 33.3 Å². The molecule has 0 saturated carbocycles. The molecular formula is C16H27N3O3. The van der Waals surface area contributed by atoms with Crippen LogP contribution < -0.4 is 5.32 Å². The van der Waals surface area contributed by atoms with Crippen LogP contribution in [0.25, 0.3) is 0 Å². The molecular weight excluding hydrogens is 282 g/mol. The van der Waals surface area contributed by atoms with Gasteiger partial charge in [-0.3, -0.25) is 14.3 Å². The SMILES string of the molecule is Cc1nn(C)c(C)c1C(C)C(=O)NCCCCCCC(=O)O. The van der Waals surface area contributed by atoms with Crippen molar-refractivity contribution in [2.75, 3.05) is 6.54 Å². The van der Waals surface area contributed by atoms with Gasteiger partial charge in [0, 0.05) is 31.3 Å². The number of carboxylic acid groups (broad SMARTS) is 1. The van der Waals surface area contributed by atoms with Gasteiger partial charge in [0.1, 0.15) is 0 Å². The highest BCUT2D eigenvalue weighted by atomic mass is 16.4. The van der Waals surface area contributed by atoms with E-state index in [1.165, 1.54) is 0 Å². The Morgan fingerprint density at radius 3 is 2.41 bits per heavy atom. The molecule has 1 unspecified atom stereocenters. The first-order chi connectivity index (χ1) is 10.3. The second-order valence-corrected chi connectivity index (χ2v) is 5.78. The Labute approximate surface area is 131 Å². The Morgan fingerprint density at radius 2 is 1.86 bits per heavy atom. The molecule has 124 valence electrons. The van der Waals surface area contributed by atoms with Gasteiger partial charge in [0.05, 0.1) is 11.6 Å². The summed E-state index contributed by atoms with van der Waals surface area (Å²) in [6.07, 6.45) is 3.63. The van der Waals surface area contributed by atoms with E-state index in [9.17, 15) is 9.59 Å². The van der Waals surface area contributed by atoms with Gasteiger partial charge in [-0.2, -0.15) is 5.10 Å². The van der Waals surface area contributed by atoms with Crippen molar-refractivity contribution in [2.24, 2.45) is 7.05 Å². The fraction of sp³-hybridized carbons (Fsp3) is 0.688. The van der Waals surface area contributed by atoms with Crippen molar-refractivity contribution in [2.45, 2.75) is 58.8 Å². The normalized spacial score (nSPS) is 12.2. The molecule has 0 aliphatic heterocycles. The van der Waals surface area contributed by atoms with Crippen molar-refractivity contribution >= 4 is 11.9 Å². The van der Waals surface area contributed by atoms with Crippen LogP contribution in [0.1, 0.15) is 61.9 Å². The van der Waals surface area contributed by atoms with E-state index in [1.54, 1.807) is 4.68 Å². The highest BCUT2D eigenvalue weighted by molar-refractivity contribution is 5.83. The lowest BCUT2D eigenvalue weighted by Crippen LogP contribution is -2.29. The molecule has 1 heterocycles. The molecule has 0 spiro atoms. The zero-order valence-electron chi connectivity index (χ0n) is 14.0. The second kappa shape index (κ2) is 8.56. The van der Waals surface area contributed by atoms with Crippen molar-refractivity contribution in [1.82, 2.24) is 15.1 Å². The molecule has 0 saturated heterocycles. The molecule has 0 aromatic carbocycles. The first kappa shape index (κ1) is 18.2. The van der Waals surface area contributed by atoms with Gasteiger partial charge in [-0.05, 0) is 33.6 Å². The quantitative estimate of drug-likeness (QED) is 0.685. The first-order valence-electron chi connectivity index (χ1n) is 7.84. The van der Waals surface area contributed by atoms with Crippen LogP contribution >= 0.6 is 0 Å². The number of amides is 1. The molecule has 6 nitrogen and oxygen atoms in total. The number of aliphatic carboxylic acids is 1. The summed E-state index contributed by atoms with van der Waals surface area (Å²) in [5, 5.41) is 15.8. The predicted octanol–water partition coefficient (Wildman–Crippen LogP) is 2.29. The van der Waals surface area contributed by atoms with E-state index < -0.39 is 5.97 Å². The Kier molecular flexibility index (Phi) is 7.08. The highest BCUT2D eigenvalue weighted by Gasteiger charge is 2.22. The number of hydrogen-bond acceptors (Lipinski definition) is 3. The number of hydrogen-bond donors (Lipinski definition) is 2. The molecule has 22 heavy (non-hydrogen) atoms. The van der Waals surface area contributed by atoms with Gasteiger partial charge >= 0.3 is 5.97 Å². The number of carbonyl (C=O) groups is 2. The maximum Gasteiger partial charge on any atom is 0.303 e. The summed E-state index contributed by atoms with van der Waals surface area (Å²) in [6.45, 7) is 6.43. The fourth-order valence-corrected chi connectivity index (χ4v) is 2.67. The summed E-state index contributed by atoms with van der Waals surface area (Å²) < 4.78 is 1.80. The lowest BCUT2D eigenvalue weighted by Gasteiger charge is -2.13. The van der Waals surface area contributed by atoms with Gasteiger partial charge in [0.2, 0.25) is 5.91 Å². The number of carbonyl (C=O) groups excluding carboxylic acids is 1. The molecule has 0 radical (unpaired) electrons. The van der Waals surface area contributed by atoms with Crippen LogP contribution in [0.4, 0.5) is 0 Å². The molecule has 1 aromatic rings. The lowest BCUT2D eigenvalue weighted by molar-refractivity contribution is -0.137. The van der Waals surface area contributed by atoms with E-state index in [1.807, 2.05) is 27.8 Å². The van der Waals surface area contributed by atoms with Gasteiger partial charge in [0.25, 0.3) is 0 Å². The first-order valence-corrected chi connectivity index (χ1v) is 7.84. The van der Waals surface area contributed by atoms with Gasteiger partial charge in [0.15, 0.2) is 0 Å². The van der Waals surface area contributed by atoms with Crippen LogP contribution in [0.2, 0.25) is 0 Å². The molecule has 0 fully saturated rings. The zero-order chi connectivity index (χ0) is 16.7. The molecule has 2 N–H and O–H groups in total. The standard InChI is InChI=1S/C16H27N3O3/c1-11(15-12(2)18-19(4)13(15)3)16(22)17-10-8-6-5-7-9-14(20)21/h11H,5-10H2,1-4H3,(H,17,22)(H,20,21). The lowest BCUT2D eigenvalue weighted by atomic mass is 9.98. The Hall–Kier alpha value is -1.85. The molecule has 1 atom stereocenters. The van der Waals surface area contributed by atoms with Crippen LogP contribution in [0, 0.1) is 13.8 Å². The smallest absolute Gasteiger partial charge is 0.303 e. The minimum absolute atomic E-state index is 0.0183. The number of nitrogens with zero attached hydrogens (tertiary/aromatic N) is 2. The third-order valence-corrected chi connectivity index (χ3v) is 4.01. The minimum atomic E-state index is -0.746. The van der Waals surface area contributed by atoms with Crippen molar-refractivity contribution in [1.29, 1.82) is 0 Å². The maximum atomic E-state index is 12.2. The monoisotopic (exact) mass is 309 g/mol. The van der Waals surface area contributed by atoms with Gasteiger partial charge < -0.3 is 10.4 Å². The van der Waals surface area contributed by atoms with Crippen molar-refractivity contribution in [3.63, 3.8) is 0 Å². The van der Waals surface area contributed by atoms with Crippen molar-refractivity contribution in [3.05, 3.63) is 17.0 Å². The highest BCUT2D eigenvalue weighted by Crippen LogP contribution is 2.22. The number of aryl methyl sites for hydroxylation is 2. The third-order valence-electron chi connectivity index (χ3n) is 4.01. The molecule has 0 aliphatic carbocycles. The maximum absolute atomic E-state index is 12.2. The zero-order valence-corrected chi connectivity index (χ0v) is 14.0. The summed E-state index contributed by atoms with van der Waals surface area (Å²) in [5.41, 5.74) is 2.92. The van der Waals surface area contributed by atoms with E-state index in [4.69, 9.17) is 5.11 Å². The third kappa shape index (κ3) is 5.16. The summed E-state index contributed by atoms with van der Waals surface area (Å²) >= 11 is 0. The minimum Gasteiger partial charge on any atom is -0.481 e. The summed E-state index contributed by atoms with van der Waals surface area (Å²) in [5.74, 6) is -0.935. The van der Waals surface area contributed by atoms with Crippen LogP contribution in [0.5, 0.6) is 0 Å². The van der Waals surface area contributed by atoms with Crippen LogP contribution in [-0.2, 0) is 16.6 Å². The van der Waals surface area contributed by atoms with Crippen LogP contribution in [0.15, 0.2) is 0 Å². The summed E-state index contributed by atoms with van der Waals surface area (Å²) in [6, 6.07) is 0. The van der Waals surface area contributed by atoms with E-state index in [2.05, 4.69) is 10.4 Å². The molecule has 1 amide bonds. The van der Waals surface area contributed by atoms with E-state index in [0.717, 1.165) is 36.2 Å². The van der Waals surface area contributed by atoms with Gasteiger partial charge in [-0.25, -0.2) is 0 Å². The summed E-state index contributed by atoms with van der Waals surface area (Å²) in [4.78, 5) is 22.6. The molecule has 1 rings (SSSR count). The van der Waals surface area contributed by atoms with E-state index >= 15 is 0 Å². The molecule has 6 heteroatoms. The largest absolute Gasteiger partial charge is 0.481 e. The Balaban J connectivity index is 2.32. The average molecular weight is 309 g/mol. The Morgan fingerprint density at radius 1 is 1.23 bits per heavy atom. The Bertz CT molecular complexity index is 523. The number of carboxylic acids is 1. The van der Waals surface area contributed by atoms with Crippen molar-refractivity contribution in [3.8, 4) is 0 Å². The average Bonchev–Trinajstić information content (AvgIpc) is 2.69. The predicted molar refractivity (Wildman–Crippen MR) is 84.8 cm³/mol. The number of nitrogens with one attached hydrogen (secondary N) is 1. The topological polar surface area (TPSA) is 84.2 Å². The summed E-state index contributed by atoms with van der Waals surface area (Å²) in [7, 11) is 1.88. The number of unbranched alkanes of at least 4 members (excludes halogenated alkanes) is 3. The molecule has 1 aromatic heterocycles. The fourth-order valence-electron chi connectivity index (χ4n) is 2.67. The number of rotatable bonds is 9. The van der Waals surface area contributed by atoms with Crippen molar-refractivity contribution < 1.29 is 14.7 Å². The van der Waals surface area contributed by atoms with Crippen LogP contribution in [0.3, 0.4) is 0 Å². The molecule has 0 bridgehead atoms. The second-order valence-electron chi connectivity index (χ2n) is 5.78. The van der Waals surface area contributed by atoms with Gasteiger partial charge in [-0.1, -0.05) is 12.8 Å². The number of aromatic nitrogens is 2. The van der Waals surface area contributed by atoms with E-state index in [-0.39, 0.29) is 18.2 Å².